The third-order valence-electron chi connectivity index (χ3n) is 4.99. The zero-order valence-electron chi connectivity index (χ0n) is 19.1. The quantitative estimate of drug-likeness (QED) is 0.135. The molecule has 0 aliphatic rings. The summed E-state index contributed by atoms with van der Waals surface area (Å²) < 4.78 is 27.1. The molecule has 0 saturated heterocycles. The minimum absolute atomic E-state index is 0.0847. The highest BCUT2D eigenvalue weighted by molar-refractivity contribution is 7.92. The molecule has 1 amide bonds. The Morgan fingerprint density at radius 1 is 1.00 bits per heavy atom. The molecular formula is C25H25N5O5S. The zero-order valence-corrected chi connectivity index (χ0v) is 19.9. The second kappa shape index (κ2) is 12.3. The van der Waals surface area contributed by atoms with Gasteiger partial charge in [-0.15, -0.1) is 0 Å². The standard InChI is InChI=1S/C25H25N5O5S/c26-28-18-27-22-13-7-12-21(17-22)24(31)29-30(23(25(32)33)16-20-10-5-2-6-11-20)36(34,35)15-14-19-8-3-1-4-9-19/h1-15,17-18,23H,16,26H2,(H,27,28)(H,29,31)(H,32,33)/t23-/m0/s1. The number of sulfonamides is 1. The molecule has 10 nitrogen and oxygen atoms in total. The van der Waals surface area contributed by atoms with Crippen molar-refractivity contribution in [2.75, 3.05) is 5.32 Å². The molecule has 36 heavy (non-hydrogen) atoms. The van der Waals surface area contributed by atoms with E-state index in [1.807, 2.05) is 0 Å². The van der Waals surface area contributed by atoms with E-state index in [9.17, 15) is 23.1 Å². The number of hydrogen-bond acceptors (Lipinski definition) is 6. The molecule has 186 valence electrons. The van der Waals surface area contributed by atoms with Gasteiger partial charge >= 0.3 is 5.97 Å². The fraction of sp³-hybridized carbons (Fsp3) is 0.0800. The van der Waals surface area contributed by atoms with E-state index in [0.29, 0.717) is 21.2 Å². The minimum Gasteiger partial charge on any atom is -0.480 e. The number of rotatable bonds is 11. The van der Waals surface area contributed by atoms with Crippen LogP contribution in [-0.2, 0) is 21.2 Å². The van der Waals surface area contributed by atoms with E-state index in [2.05, 4.69) is 15.8 Å². The van der Waals surface area contributed by atoms with E-state index in [1.165, 1.54) is 24.5 Å². The number of benzene rings is 3. The molecular weight excluding hydrogens is 482 g/mol. The minimum atomic E-state index is -4.43. The fourth-order valence-corrected chi connectivity index (χ4v) is 4.44. The molecule has 0 aliphatic carbocycles. The van der Waals surface area contributed by atoms with Gasteiger partial charge in [0.15, 0.2) is 0 Å². The number of nitrogens with one attached hydrogen (secondary N) is 2. The molecule has 3 aromatic carbocycles. The summed E-state index contributed by atoms with van der Waals surface area (Å²) in [6.07, 6.45) is 2.36. The van der Waals surface area contributed by atoms with Crippen molar-refractivity contribution in [3.05, 3.63) is 107 Å². The zero-order chi connectivity index (χ0) is 26.0. The predicted octanol–water partition coefficient (Wildman–Crippen LogP) is 2.64. The molecule has 3 aromatic rings. The van der Waals surface area contributed by atoms with Crippen molar-refractivity contribution in [1.82, 2.24) is 9.84 Å². The van der Waals surface area contributed by atoms with Crippen LogP contribution >= 0.6 is 0 Å². The number of amides is 1. The Morgan fingerprint density at radius 2 is 1.67 bits per heavy atom. The first-order chi connectivity index (χ1) is 17.3. The molecule has 11 heteroatoms. The van der Waals surface area contributed by atoms with Gasteiger partial charge in [-0.3, -0.25) is 15.0 Å². The average Bonchev–Trinajstić information content (AvgIpc) is 2.89. The third kappa shape index (κ3) is 7.26. The lowest BCUT2D eigenvalue weighted by atomic mass is 10.1. The first-order valence-corrected chi connectivity index (χ1v) is 12.2. The van der Waals surface area contributed by atoms with Crippen LogP contribution in [0.2, 0.25) is 0 Å². The topological polar surface area (TPSA) is 154 Å². The maximum absolute atomic E-state index is 13.3. The van der Waals surface area contributed by atoms with Crippen LogP contribution in [0.3, 0.4) is 0 Å². The molecule has 1 atom stereocenters. The van der Waals surface area contributed by atoms with E-state index in [4.69, 9.17) is 5.84 Å². The van der Waals surface area contributed by atoms with Crippen molar-refractivity contribution in [1.29, 1.82) is 0 Å². The lowest BCUT2D eigenvalue weighted by Crippen LogP contribution is -2.55. The van der Waals surface area contributed by atoms with Crippen molar-refractivity contribution in [2.45, 2.75) is 12.5 Å². The summed E-state index contributed by atoms with van der Waals surface area (Å²) in [7, 11) is -4.43. The molecule has 0 saturated carbocycles. The number of hydrogen-bond donors (Lipinski definition) is 4. The van der Waals surface area contributed by atoms with Crippen molar-refractivity contribution in [3.63, 3.8) is 0 Å². The van der Waals surface area contributed by atoms with E-state index in [0.717, 1.165) is 5.41 Å². The molecule has 0 bridgehead atoms. The lowest BCUT2D eigenvalue weighted by Gasteiger charge is -2.27. The van der Waals surface area contributed by atoms with E-state index < -0.39 is 27.9 Å². The van der Waals surface area contributed by atoms with Crippen LogP contribution < -0.4 is 16.6 Å². The first-order valence-electron chi connectivity index (χ1n) is 10.7. The van der Waals surface area contributed by atoms with Crippen LogP contribution in [0, 0.1) is 0 Å². The molecule has 3 rings (SSSR count). The lowest BCUT2D eigenvalue weighted by molar-refractivity contribution is -0.142. The number of nitrogens with zero attached hydrogens (tertiary/aromatic N) is 2. The highest BCUT2D eigenvalue weighted by Gasteiger charge is 2.35. The Balaban J connectivity index is 1.97. The average molecular weight is 508 g/mol. The Kier molecular flexibility index (Phi) is 8.92. The highest BCUT2D eigenvalue weighted by Crippen LogP contribution is 2.17. The van der Waals surface area contributed by atoms with Gasteiger partial charge in [-0.2, -0.15) is 5.10 Å². The number of hydrazine groups is 1. The predicted molar refractivity (Wildman–Crippen MR) is 138 cm³/mol. The van der Waals surface area contributed by atoms with Gasteiger partial charge < -0.3 is 16.3 Å². The van der Waals surface area contributed by atoms with Gasteiger partial charge in [-0.1, -0.05) is 71.1 Å². The Labute approximate surface area is 208 Å². The van der Waals surface area contributed by atoms with Gasteiger partial charge in [0.1, 0.15) is 12.4 Å². The summed E-state index contributed by atoms with van der Waals surface area (Å²) in [4.78, 5) is 25.3. The third-order valence-corrected chi connectivity index (χ3v) is 6.36. The maximum atomic E-state index is 13.3. The Morgan fingerprint density at radius 3 is 2.31 bits per heavy atom. The molecule has 0 spiro atoms. The van der Waals surface area contributed by atoms with Crippen molar-refractivity contribution in [3.8, 4) is 0 Å². The van der Waals surface area contributed by atoms with E-state index in [1.54, 1.807) is 72.8 Å². The first kappa shape index (κ1) is 26.1. The van der Waals surface area contributed by atoms with Gasteiger partial charge in [0.05, 0.1) is 0 Å². The SMILES string of the molecule is NN=CNc1cccc(C(=O)NN([C@@H](Cc2ccccc2)C(=O)O)S(=O)(=O)C=Cc2ccccc2)c1. The summed E-state index contributed by atoms with van der Waals surface area (Å²) in [6, 6.07) is 21.7. The van der Waals surface area contributed by atoms with Gasteiger partial charge in [-0.05, 0) is 35.4 Å². The number of carboxylic acid groups (broad SMARTS) is 1. The number of anilines is 1. The summed E-state index contributed by atoms with van der Waals surface area (Å²) in [5.41, 5.74) is 4.00. The number of hydrazone groups is 1. The fourth-order valence-electron chi connectivity index (χ4n) is 3.25. The van der Waals surface area contributed by atoms with Crippen LogP contribution in [0.15, 0.2) is 95.4 Å². The van der Waals surface area contributed by atoms with Crippen LogP contribution in [0.5, 0.6) is 0 Å². The smallest absolute Gasteiger partial charge is 0.324 e. The Hall–Kier alpha value is -4.48. The van der Waals surface area contributed by atoms with Gasteiger partial charge in [0, 0.05) is 23.1 Å². The highest BCUT2D eigenvalue weighted by atomic mass is 32.2. The van der Waals surface area contributed by atoms with Gasteiger partial charge in [-0.25, -0.2) is 8.42 Å². The van der Waals surface area contributed by atoms with E-state index in [-0.39, 0.29) is 12.0 Å². The molecule has 0 fully saturated rings. The summed E-state index contributed by atoms with van der Waals surface area (Å²) in [5, 5.41) is 16.9. The summed E-state index contributed by atoms with van der Waals surface area (Å²) in [5.74, 6) is 2.83. The van der Waals surface area contributed by atoms with Crippen LogP contribution in [0.25, 0.3) is 6.08 Å². The molecule has 0 heterocycles. The largest absolute Gasteiger partial charge is 0.480 e. The second-order valence-electron chi connectivity index (χ2n) is 7.54. The van der Waals surface area contributed by atoms with Crippen molar-refractivity contribution in [2.24, 2.45) is 10.9 Å². The van der Waals surface area contributed by atoms with Crippen molar-refractivity contribution < 1.29 is 23.1 Å². The summed E-state index contributed by atoms with van der Waals surface area (Å²) in [6.45, 7) is 0. The van der Waals surface area contributed by atoms with Crippen LogP contribution in [0.1, 0.15) is 21.5 Å². The summed E-state index contributed by atoms with van der Waals surface area (Å²) >= 11 is 0. The number of carboxylic acids is 1. The molecule has 0 aliphatic heterocycles. The monoisotopic (exact) mass is 507 g/mol. The van der Waals surface area contributed by atoms with E-state index >= 15 is 0 Å². The number of nitrogens with two attached hydrogens (primary N) is 1. The second-order valence-corrected chi connectivity index (χ2v) is 9.24. The number of carbonyl (C=O) groups excluding carboxylic acids is 1. The molecule has 5 N–H and O–H groups in total. The molecule has 0 radical (unpaired) electrons. The Bertz CT molecular complexity index is 1350. The van der Waals surface area contributed by atoms with Crippen LogP contribution in [-0.4, -0.2) is 42.2 Å². The maximum Gasteiger partial charge on any atom is 0.324 e. The van der Waals surface area contributed by atoms with Gasteiger partial charge in [0.25, 0.3) is 15.9 Å². The van der Waals surface area contributed by atoms with Gasteiger partial charge in [0.2, 0.25) is 0 Å². The molecule has 0 unspecified atom stereocenters. The molecule has 0 aromatic heterocycles. The normalized spacial score (nSPS) is 12.6. The number of carbonyl (C=O) groups is 2. The number of aliphatic carboxylic acids is 1. The van der Waals surface area contributed by atoms with Crippen molar-refractivity contribution >= 4 is 40.0 Å². The van der Waals surface area contributed by atoms with Crippen LogP contribution in [0.4, 0.5) is 5.69 Å².